The minimum atomic E-state index is -0.737. The second-order valence-electron chi connectivity index (χ2n) is 6.73. The predicted octanol–water partition coefficient (Wildman–Crippen LogP) is 2.63. The Morgan fingerprint density at radius 2 is 2.04 bits per heavy atom. The van der Waals surface area contributed by atoms with E-state index in [1.807, 2.05) is 18.2 Å². The number of aliphatic carboxylic acids is 1. The van der Waals surface area contributed by atoms with Gasteiger partial charge in [0, 0.05) is 37.6 Å². The lowest BCUT2D eigenvalue weighted by molar-refractivity contribution is -0.143. The van der Waals surface area contributed by atoms with Gasteiger partial charge in [0.2, 0.25) is 5.91 Å². The molecule has 1 heterocycles. The first-order chi connectivity index (χ1) is 11.4. The third-order valence-corrected chi connectivity index (χ3v) is 5.07. The number of benzene rings is 1. The van der Waals surface area contributed by atoms with Crippen molar-refractivity contribution in [3.8, 4) is 0 Å². The van der Waals surface area contributed by atoms with Gasteiger partial charge in [0.1, 0.15) is 0 Å². The van der Waals surface area contributed by atoms with E-state index in [9.17, 15) is 14.7 Å². The van der Waals surface area contributed by atoms with E-state index in [1.54, 1.807) is 6.07 Å². The van der Waals surface area contributed by atoms with Crippen LogP contribution in [0.25, 0.3) is 0 Å². The second-order valence-corrected chi connectivity index (χ2v) is 7.14. The molecule has 1 aliphatic heterocycles. The molecule has 1 aromatic rings. The Balaban J connectivity index is 1.78. The molecule has 2 rings (SSSR count). The summed E-state index contributed by atoms with van der Waals surface area (Å²) in [4.78, 5) is 25.5. The van der Waals surface area contributed by atoms with Crippen LogP contribution in [0, 0.1) is 17.8 Å². The summed E-state index contributed by atoms with van der Waals surface area (Å²) in [6.07, 6.45) is 0.363. The Hall–Kier alpha value is -1.59. The maximum absolute atomic E-state index is 12.0. The van der Waals surface area contributed by atoms with Crippen LogP contribution in [0.1, 0.15) is 25.8 Å². The van der Waals surface area contributed by atoms with Crippen LogP contribution < -0.4 is 5.32 Å². The highest BCUT2D eigenvalue weighted by molar-refractivity contribution is 6.31. The molecule has 0 radical (unpaired) electrons. The zero-order chi connectivity index (χ0) is 17.7. The average Bonchev–Trinajstić information content (AvgIpc) is 2.97. The highest BCUT2D eigenvalue weighted by Crippen LogP contribution is 2.29. The molecule has 0 aliphatic carbocycles. The van der Waals surface area contributed by atoms with Gasteiger partial charge in [0.05, 0.1) is 5.92 Å². The lowest BCUT2D eigenvalue weighted by Crippen LogP contribution is -2.30. The molecular formula is C18H25ClN2O3. The van der Waals surface area contributed by atoms with E-state index in [0.29, 0.717) is 37.0 Å². The first-order valence-electron chi connectivity index (χ1n) is 8.33. The van der Waals surface area contributed by atoms with Gasteiger partial charge in [-0.15, -0.1) is 0 Å². The van der Waals surface area contributed by atoms with Gasteiger partial charge in [0.25, 0.3) is 0 Å². The smallest absolute Gasteiger partial charge is 0.308 e. The molecular weight excluding hydrogens is 328 g/mol. The number of amides is 1. The predicted molar refractivity (Wildman–Crippen MR) is 93.8 cm³/mol. The Labute approximate surface area is 148 Å². The normalized spacial score (nSPS) is 21.2. The van der Waals surface area contributed by atoms with Crippen LogP contribution in [0.4, 0.5) is 0 Å². The van der Waals surface area contributed by atoms with E-state index in [1.165, 1.54) is 0 Å². The fourth-order valence-corrected chi connectivity index (χ4v) is 3.42. The Kier molecular flexibility index (Phi) is 6.63. The summed E-state index contributed by atoms with van der Waals surface area (Å²) in [5.74, 6) is -0.649. The quantitative estimate of drug-likeness (QED) is 0.791. The lowest BCUT2D eigenvalue weighted by Gasteiger charge is -2.18. The molecule has 1 aromatic carbocycles. The van der Waals surface area contributed by atoms with Crippen molar-refractivity contribution in [2.75, 3.05) is 19.6 Å². The molecule has 132 valence electrons. The van der Waals surface area contributed by atoms with E-state index >= 15 is 0 Å². The fourth-order valence-electron chi connectivity index (χ4n) is 3.22. The number of rotatable bonds is 7. The summed E-state index contributed by atoms with van der Waals surface area (Å²) >= 11 is 6.06. The molecule has 2 atom stereocenters. The van der Waals surface area contributed by atoms with Crippen molar-refractivity contribution in [3.05, 3.63) is 34.9 Å². The molecule has 1 fully saturated rings. The molecule has 1 aliphatic rings. The third kappa shape index (κ3) is 4.95. The zero-order valence-electron chi connectivity index (χ0n) is 14.2. The van der Waals surface area contributed by atoms with Crippen LogP contribution in [0.3, 0.4) is 0 Å². The Morgan fingerprint density at radius 3 is 2.62 bits per heavy atom. The number of halogens is 1. The summed E-state index contributed by atoms with van der Waals surface area (Å²) in [6.45, 7) is 6.37. The monoisotopic (exact) mass is 352 g/mol. The van der Waals surface area contributed by atoms with Crippen LogP contribution in [-0.2, 0) is 16.1 Å². The third-order valence-electron chi connectivity index (χ3n) is 4.70. The van der Waals surface area contributed by atoms with Gasteiger partial charge in [-0.25, -0.2) is 0 Å². The van der Waals surface area contributed by atoms with Crippen molar-refractivity contribution in [2.24, 2.45) is 17.8 Å². The molecule has 1 amide bonds. The Bertz CT molecular complexity index is 591. The highest BCUT2D eigenvalue weighted by atomic mass is 35.5. The van der Waals surface area contributed by atoms with E-state index in [0.717, 1.165) is 12.1 Å². The molecule has 24 heavy (non-hydrogen) atoms. The maximum Gasteiger partial charge on any atom is 0.308 e. The number of likely N-dealkylation sites (tertiary alicyclic amines) is 1. The van der Waals surface area contributed by atoms with Crippen LogP contribution in [-0.4, -0.2) is 41.5 Å². The van der Waals surface area contributed by atoms with Gasteiger partial charge in [-0.1, -0.05) is 43.6 Å². The molecule has 2 N–H and O–H groups in total. The van der Waals surface area contributed by atoms with Crippen LogP contribution in [0.5, 0.6) is 0 Å². The lowest BCUT2D eigenvalue weighted by atomic mass is 9.86. The van der Waals surface area contributed by atoms with Gasteiger partial charge in [-0.05, 0) is 23.5 Å². The molecule has 0 unspecified atom stereocenters. The summed E-state index contributed by atoms with van der Waals surface area (Å²) in [5, 5.41) is 12.9. The van der Waals surface area contributed by atoms with Gasteiger partial charge in [-0.2, -0.15) is 0 Å². The number of carboxylic acids is 1. The first kappa shape index (κ1) is 18.7. The van der Waals surface area contributed by atoms with Gasteiger partial charge in [-0.3, -0.25) is 9.59 Å². The number of carboxylic acid groups (broad SMARTS) is 1. The van der Waals surface area contributed by atoms with Crippen LogP contribution >= 0.6 is 11.6 Å². The zero-order valence-corrected chi connectivity index (χ0v) is 14.9. The maximum atomic E-state index is 12.0. The minimum absolute atomic E-state index is 0.0465. The topological polar surface area (TPSA) is 69.6 Å². The van der Waals surface area contributed by atoms with Gasteiger partial charge < -0.3 is 15.3 Å². The summed E-state index contributed by atoms with van der Waals surface area (Å²) in [5.41, 5.74) is 0.888. The largest absolute Gasteiger partial charge is 0.481 e. The van der Waals surface area contributed by atoms with Crippen molar-refractivity contribution in [3.63, 3.8) is 0 Å². The minimum Gasteiger partial charge on any atom is -0.481 e. The molecule has 5 nitrogen and oxygen atoms in total. The van der Waals surface area contributed by atoms with E-state index in [4.69, 9.17) is 11.6 Å². The van der Waals surface area contributed by atoms with Crippen molar-refractivity contribution >= 4 is 23.5 Å². The number of hydrogen-bond donors (Lipinski definition) is 2. The van der Waals surface area contributed by atoms with Crippen molar-refractivity contribution in [1.29, 1.82) is 0 Å². The number of hydrogen-bond acceptors (Lipinski definition) is 3. The van der Waals surface area contributed by atoms with E-state index in [-0.39, 0.29) is 17.7 Å². The molecule has 0 bridgehead atoms. The number of carbonyl (C=O) groups is 2. The van der Waals surface area contributed by atoms with Gasteiger partial charge >= 0.3 is 5.97 Å². The molecule has 0 saturated carbocycles. The SMILES string of the molecule is CC(C)[C@@H]1CN(CCC(=O)NCc2ccccc2Cl)C[C@H]1C(=O)O. The van der Waals surface area contributed by atoms with Crippen LogP contribution in [0.15, 0.2) is 24.3 Å². The van der Waals surface area contributed by atoms with Crippen molar-refractivity contribution < 1.29 is 14.7 Å². The van der Waals surface area contributed by atoms with E-state index < -0.39 is 5.97 Å². The Morgan fingerprint density at radius 1 is 1.33 bits per heavy atom. The number of carbonyl (C=O) groups excluding carboxylic acids is 1. The van der Waals surface area contributed by atoms with Crippen molar-refractivity contribution in [1.82, 2.24) is 10.2 Å². The molecule has 0 aromatic heterocycles. The number of nitrogens with one attached hydrogen (secondary N) is 1. The number of nitrogens with zero attached hydrogens (tertiary/aromatic N) is 1. The molecule has 1 saturated heterocycles. The molecule has 6 heteroatoms. The van der Waals surface area contributed by atoms with Crippen molar-refractivity contribution in [2.45, 2.75) is 26.8 Å². The second kappa shape index (κ2) is 8.49. The molecule has 0 spiro atoms. The van der Waals surface area contributed by atoms with E-state index in [2.05, 4.69) is 24.1 Å². The standard InChI is InChI=1S/C18H25ClN2O3/c1-12(2)14-10-21(11-15(14)18(23)24)8-7-17(22)20-9-13-5-3-4-6-16(13)19/h3-6,12,14-15H,7-11H2,1-2H3,(H,20,22)(H,23,24)/t14-,15+/m0/s1. The fraction of sp³-hybridized carbons (Fsp3) is 0.556. The summed E-state index contributed by atoms with van der Waals surface area (Å²) in [7, 11) is 0. The summed E-state index contributed by atoms with van der Waals surface area (Å²) < 4.78 is 0. The average molecular weight is 353 g/mol. The van der Waals surface area contributed by atoms with Gasteiger partial charge in [0.15, 0.2) is 0 Å². The highest BCUT2D eigenvalue weighted by Gasteiger charge is 2.38. The summed E-state index contributed by atoms with van der Waals surface area (Å²) in [6, 6.07) is 7.42. The van der Waals surface area contributed by atoms with Crippen LogP contribution in [0.2, 0.25) is 5.02 Å². The first-order valence-corrected chi connectivity index (χ1v) is 8.71.